The van der Waals surface area contributed by atoms with Crippen LogP contribution in [-0.2, 0) is 9.53 Å². The number of aliphatic hydroxyl groups is 1. The van der Waals surface area contributed by atoms with Crippen LogP contribution >= 0.6 is 0 Å². The molecule has 1 saturated carbocycles. The third kappa shape index (κ3) is 3.43. The van der Waals surface area contributed by atoms with Crippen LogP contribution in [0.1, 0.15) is 38.7 Å². The zero-order valence-corrected chi connectivity index (χ0v) is 19.0. The van der Waals surface area contributed by atoms with Crippen molar-refractivity contribution in [1.29, 1.82) is 5.26 Å². The van der Waals surface area contributed by atoms with E-state index in [1.165, 1.54) is 5.57 Å². The Morgan fingerprint density at radius 3 is 2.62 bits per heavy atom. The number of ether oxygens (including phenoxy) is 1. The lowest BCUT2D eigenvalue weighted by atomic mass is 9.55. The molecule has 0 amide bonds. The van der Waals surface area contributed by atoms with E-state index in [2.05, 4.69) is 35.8 Å². The lowest BCUT2D eigenvalue weighted by Crippen LogP contribution is -2.55. The fraction of sp³-hybridized carbons (Fsp3) is 0.615. The third-order valence-electron chi connectivity index (χ3n) is 8.76. The first-order valence-corrected chi connectivity index (χ1v) is 12.0. The summed E-state index contributed by atoms with van der Waals surface area (Å²) in [6.45, 7) is 8.59. The molecular weight excluding hydrogens is 402 g/mol. The molecule has 2 heterocycles. The first kappa shape index (κ1) is 21.5. The van der Waals surface area contributed by atoms with Gasteiger partial charge in [-0.05, 0) is 43.0 Å². The van der Waals surface area contributed by atoms with Crippen LogP contribution in [0.5, 0.6) is 0 Å². The summed E-state index contributed by atoms with van der Waals surface area (Å²) >= 11 is 0. The van der Waals surface area contributed by atoms with Crippen LogP contribution in [-0.4, -0.2) is 60.9 Å². The highest BCUT2D eigenvalue weighted by molar-refractivity contribution is 5.76. The summed E-state index contributed by atoms with van der Waals surface area (Å²) < 4.78 is 5.83. The predicted molar refractivity (Wildman–Crippen MR) is 122 cm³/mol. The Balaban J connectivity index is 1.26. The second-order valence-corrected chi connectivity index (χ2v) is 10.2. The lowest BCUT2D eigenvalue weighted by Gasteiger charge is -2.52. The van der Waals surface area contributed by atoms with E-state index in [1.807, 2.05) is 24.3 Å². The van der Waals surface area contributed by atoms with Gasteiger partial charge in [-0.2, -0.15) is 5.26 Å². The molecule has 4 aliphatic rings. The van der Waals surface area contributed by atoms with E-state index < -0.39 is 6.10 Å². The molecule has 1 N–H and O–H groups in total. The largest absolute Gasteiger partial charge is 0.461 e. The van der Waals surface area contributed by atoms with Crippen molar-refractivity contribution in [2.75, 3.05) is 37.6 Å². The van der Waals surface area contributed by atoms with Crippen molar-refractivity contribution in [2.24, 2.45) is 23.2 Å². The highest BCUT2D eigenvalue weighted by Gasteiger charge is 2.59. The fourth-order valence-electron chi connectivity index (χ4n) is 6.49. The summed E-state index contributed by atoms with van der Waals surface area (Å²) in [6, 6.07) is 9.88. The maximum Gasteiger partial charge on any atom is 0.311 e. The highest BCUT2D eigenvalue weighted by Crippen LogP contribution is 2.56. The van der Waals surface area contributed by atoms with E-state index in [0.717, 1.165) is 51.1 Å². The van der Waals surface area contributed by atoms with E-state index in [0.29, 0.717) is 18.0 Å². The number of aliphatic hydroxyl groups excluding tert-OH is 1. The average molecular weight is 436 g/mol. The summed E-state index contributed by atoms with van der Waals surface area (Å²) in [6.07, 6.45) is 4.47. The average Bonchev–Trinajstić information content (AvgIpc) is 3.11. The van der Waals surface area contributed by atoms with Gasteiger partial charge in [0.1, 0.15) is 6.10 Å². The normalized spacial score (nSPS) is 37.2. The summed E-state index contributed by atoms with van der Waals surface area (Å²) in [4.78, 5) is 17.6. The van der Waals surface area contributed by atoms with Crippen LogP contribution in [0.4, 0.5) is 5.69 Å². The molecule has 0 unspecified atom stereocenters. The summed E-state index contributed by atoms with van der Waals surface area (Å²) in [7, 11) is 0. The molecule has 2 aliphatic carbocycles. The molecule has 6 atom stereocenters. The number of esters is 1. The van der Waals surface area contributed by atoms with Gasteiger partial charge in [-0.3, -0.25) is 9.69 Å². The van der Waals surface area contributed by atoms with E-state index in [4.69, 9.17) is 10.00 Å². The van der Waals surface area contributed by atoms with Crippen LogP contribution in [0.25, 0.3) is 0 Å². The van der Waals surface area contributed by atoms with Crippen LogP contribution < -0.4 is 4.90 Å². The quantitative estimate of drug-likeness (QED) is 0.581. The van der Waals surface area contributed by atoms with Gasteiger partial charge in [0, 0.05) is 56.2 Å². The number of rotatable bonds is 3. The molecule has 5 rings (SSSR count). The minimum Gasteiger partial charge on any atom is -0.461 e. The molecule has 6 heteroatoms. The van der Waals surface area contributed by atoms with Crippen molar-refractivity contribution in [2.45, 2.75) is 45.3 Å². The predicted octanol–water partition coefficient (Wildman–Crippen LogP) is 2.97. The standard InChI is InChI=1S/C26H33N3O3/c1-17-4-3-5-19-14-22-23(24(30)26(17,19)2)21(25(31)32-22)16-28-10-12-29(13-11-28)20-8-6-18(15-27)7-9-20/h5-9,17,21-24,30H,3-4,10-14,16H2,1-2H3/t17-,21-,22+,23+,24+,26+/m0/s1. The molecule has 0 bridgehead atoms. The minimum atomic E-state index is -0.542. The molecule has 2 saturated heterocycles. The number of fused-ring (bicyclic) bond motifs is 2. The summed E-state index contributed by atoms with van der Waals surface area (Å²) in [5.41, 5.74) is 2.84. The molecule has 0 aromatic heterocycles. The number of nitriles is 1. The molecule has 0 spiro atoms. The zero-order chi connectivity index (χ0) is 22.5. The Kier molecular flexibility index (Phi) is 5.51. The fourth-order valence-corrected chi connectivity index (χ4v) is 6.49. The van der Waals surface area contributed by atoms with Crippen LogP contribution in [0.2, 0.25) is 0 Å². The maximum absolute atomic E-state index is 12.9. The summed E-state index contributed by atoms with van der Waals surface area (Å²) in [5, 5.41) is 20.5. The maximum atomic E-state index is 12.9. The van der Waals surface area contributed by atoms with Crippen molar-refractivity contribution in [3.63, 3.8) is 0 Å². The van der Waals surface area contributed by atoms with Crippen molar-refractivity contribution in [3.8, 4) is 6.07 Å². The SMILES string of the molecule is C[C@H]1CCC=C2C[C@H]3OC(=O)[C@@H](CN4CCN(c5ccc(C#N)cc5)CC4)[C@H]3[C@@H](O)[C@@]21C. The van der Waals surface area contributed by atoms with Crippen molar-refractivity contribution in [1.82, 2.24) is 4.90 Å². The van der Waals surface area contributed by atoms with E-state index >= 15 is 0 Å². The Hall–Kier alpha value is -2.36. The van der Waals surface area contributed by atoms with Crippen LogP contribution in [0, 0.1) is 34.5 Å². The minimum absolute atomic E-state index is 0.123. The van der Waals surface area contributed by atoms with E-state index in [1.54, 1.807) is 0 Å². The number of carbonyl (C=O) groups excluding carboxylic acids is 1. The van der Waals surface area contributed by atoms with Gasteiger partial charge in [0.25, 0.3) is 0 Å². The Labute approximate surface area is 190 Å². The topological polar surface area (TPSA) is 76.8 Å². The van der Waals surface area contributed by atoms with E-state index in [9.17, 15) is 9.90 Å². The number of carbonyl (C=O) groups is 1. The zero-order valence-electron chi connectivity index (χ0n) is 19.0. The van der Waals surface area contributed by atoms with Gasteiger partial charge >= 0.3 is 5.97 Å². The van der Waals surface area contributed by atoms with Gasteiger partial charge in [0.15, 0.2) is 0 Å². The monoisotopic (exact) mass is 435 g/mol. The van der Waals surface area contributed by atoms with Gasteiger partial charge in [0.2, 0.25) is 0 Å². The summed E-state index contributed by atoms with van der Waals surface area (Å²) in [5.74, 6) is -0.111. The molecule has 3 fully saturated rings. The lowest BCUT2D eigenvalue weighted by molar-refractivity contribution is -0.145. The van der Waals surface area contributed by atoms with Gasteiger partial charge in [0.05, 0.1) is 23.7 Å². The Morgan fingerprint density at radius 1 is 1.22 bits per heavy atom. The molecular formula is C26H33N3O3. The number of benzene rings is 1. The second-order valence-electron chi connectivity index (χ2n) is 10.2. The molecule has 6 nitrogen and oxygen atoms in total. The molecule has 170 valence electrons. The van der Waals surface area contributed by atoms with Crippen LogP contribution in [0.3, 0.4) is 0 Å². The molecule has 2 aliphatic heterocycles. The number of piperazine rings is 1. The van der Waals surface area contributed by atoms with E-state index in [-0.39, 0.29) is 29.3 Å². The first-order valence-electron chi connectivity index (χ1n) is 12.0. The molecule has 32 heavy (non-hydrogen) atoms. The van der Waals surface area contributed by atoms with Crippen molar-refractivity contribution in [3.05, 3.63) is 41.5 Å². The molecule has 1 aromatic carbocycles. The first-order chi connectivity index (χ1) is 15.4. The smallest absolute Gasteiger partial charge is 0.311 e. The number of anilines is 1. The number of nitrogens with zero attached hydrogens (tertiary/aromatic N) is 3. The van der Waals surface area contributed by atoms with Gasteiger partial charge < -0.3 is 14.7 Å². The van der Waals surface area contributed by atoms with Gasteiger partial charge in [-0.15, -0.1) is 0 Å². The highest BCUT2D eigenvalue weighted by atomic mass is 16.6. The van der Waals surface area contributed by atoms with Gasteiger partial charge in [-0.25, -0.2) is 0 Å². The molecule has 1 aromatic rings. The Morgan fingerprint density at radius 2 is 1.94 bits per heavy atom. The third-order valence-corrected chi connectivity index (χ3v) is 8.76. The van der Waals surface area contributed by atoms with Crippen molar-refractivity contribution >= 4 is 11.7 Å². The van der Waals surface area contributed by atoms with Crippen LogP contribution in [0.15, 0.2) is 35.9 Å². The number of hydrogen-bond acceptors (Lipinski definition) is 6. The second kappa shape index (κ2) is 8.20. The Bertz CT molecular complexity index is 944. The molecule has 0 radical (unpaired) electrons. The van der Waals surface area contributed by atoms with Gasteiger partial charge in [-0.1, -0.05) is 25.5 Å². The number of hydrogen-bond donors (Lipinski definition) is 1. The number of allylic oxidation sites excluding steroid dienone is 1. The van der Waals surface area contributed by atoms with Crippen molar-refractivity contribution < 1.29 is 14.6 Å².